The maximum atomic E-state index is 12.5. The molecular weight excluding hydrogens is 455 g/mol. The van der Waals surface area contributed by atoms with Gasteiger partial charge in [-0.1, -0.05) is 98.1 Å². The Balaban J connectivity index is 1.34. The van der Waals surface area contributed by atoms with Crippen LogP contribution in [0.5, 0.6) is 0 Å². The second kappa shape index (κ2) is 12.6. The molecule has 4 aliphatic carbocycles. The lowest BCUT2D eigenvalue weighted by Crippen LogP contribution is -2.51. The zero-order valence-corrected chi connectivity index (χ0v) is 25.5. The van der Waals surface area contributed by atoms with Crippen LogP contribution in [0.3, 0.4) is 0 Å². The van der Waals surface area contributed by atoms with Gasteiger partial charge in [-0.15, -0.1) is 0 Å². The number of unbranched alkanes of at least 4 members (excludes halogenated alkanes) is 4. The molecule has 2 heteroatoms. The maximum absolute atomic E-state index is 12.5. The van der Waals surface area contributed by atoms with E-state index in [1.165, 1.54) is 77.0 Å². The van der Waals surface area contributed by atoms with Gasteiger partial charge in [0.2, 0.25) is 0 Å². The third kappa shape index (κ3) is 6.35. The highest BCUT2D eigenvalue weighted by atomic mass is 16.6. The van der Waals surface area contributed by atoms with Gasteiger partial charge in [0.05, 0.1) is 0 Å². The molecule has 0 radical (unpaired) electrons. The summed E-state index contributed by atoms with van der Waals surface area (Å²) < 4.78 is 6.02. The highest BCUT2D eigenvalue weighted by Crippen LogP contribution is 2.67. The fourth-order valence-corrected chi connectivity index (χ4v) is 9.87. The zero-order chi connectivity index (χ0) is 26.6. The maximum Gasteiger partial charge on any atom is 0.306 e. The SMILES string of the molecule is CCCCCCCC(=O)O[13C@H]1CC[C@@]2(C)C(=CC[C@H]3[C@@H]4CC[C@H]([C@H]([13CH3])CCCC(C)C)[C@@]4(C)CC[C@@H]32)[13CH2]1. The molecule has 0 aromatic rings. The summed E-state index contributed by atoms with van der Waals surface area (Å²) in [6.45, 7) is 14.9. The highest BCUT2D eigenvalue weighted by molar-refractivity contribution is 5.69. The summed E-state index contributed by atoms with van der Waals surface area (Å²) in [5.74, 6) is 5.34. The molecule has 0 N–H and O–H groups in total. The molecule has 0 spiro atoms. The fourth-order valence-electron chi connectivity index (χ4n) is 9.87. The number of carbonyl (C=O) groups is 1. The second-order valence-corrected chi connectivity index (χ2v) is 14.8. The summed E-state index contributed by atoms with van der Waals surface area (Å²) >= 11 is 0. The minimum Gasteiger partial charge on any atom is -0.462 e. The van der Waals surface area contributed by atoms with Gasteiger partial charge < -0.3 is 4.74 Å². The largest absolute Gasteiger partial charge is 0.462 e. The summed E-state index contributed by atoms with van der Waals surface area (Å²) in [6.07, 6.45) is 23.9. The average molecular weight is 516 g/mol. The molecule has 4 rings (SSSR count). The van der Waals surface area contributed by atoms with Crippen LogP contribution < -0.4 is 0 Å². The molecule has 3 saturated carbocycles. The first kappa shape index (κ1) is 29.2. The molecule has 212 valence electrons. The Morgan fingerprint density at radius 3 is 2.49 bits per heavy atom. The summed E-state index contributed by atoms with van der Waals surface area (Å²) in [5, 5.41) is 0. The first-order chi connectivity index (χ1) is 17.7. The van der Waals surface area contributed by atoms with E-state index < -0.39 is 0 Å². The normalized spacial score (nSPS) is 37.9. The van der Waals surface area contributed by atoms with E-state index >= 15 is 0 Å². The lowest BCUT2D eigenvalue weighted by atomic mass is 9.48. The smallest absolute Gasteiger partial charge is 0.306 e. The first-order valence-corrected chi connectivity index (χ1v) is 16.6. The van der Waals surface area contributed by atoms with E-state index in [0.717, 1.165) is 61.2 Å². The third-order valence-corrected chi connectivity index (χ3v) is 12.0. The molecule has 0 bridgehead atoms. The van der Waals surface area contributed by atoms with Crippen LogP contribution >= 0.6 is 0 Å². The predicted octanol–water partition coefficient (Wildman–Crippen LogP) is 10.3. The van der Waals surface area contributed by atoms with Crippen LogP contribution in [0.25, 0.3) is 0 Å². The Morgan fingerprint density at radius 1 is 0.946 bits per heavy atom. The highest BCUT2D eigenvalue weighted by Gasteiger charge is 2.59. The molecule has 8 atom stereocenters. The average Bonchev–Trinajstić information content (AvgIpc) is 3.21. The Bertz CT molecular complexity index is 782. The van der Waals surface area contributed by atoms with Crippen molar-refractivity contribution in [3.05, 3.63) is 11.6 Å². The Morgan fingerprint density at radius 2 is 1.73 bits per heavy atom. The van der Waals surface area contributed by atoms with E-state index in [4.69, 9.17) is 4.74 Å². The van der Waals surface area contributed by atoms with Crippen molar-refractivity contribution in [2.24, 2.45) is 46.3 Å². The number of hydrogen-bond acceptors (Lipinski definition) is 2. The number of esters is 1. The number of hydrogen-bond donors (Lipinski definition) is 0. The quantitative estimate of drug-likeness (QED) is 0.112. The summed E-state index contributed by atoms with van der Waals surface area (Å²) in [5.41, 5.74) is 2.54. The van der Waals surface area contributed by atoms with Gasteiger partial charge in [-0.2, -0.15) is 0 Å². The molecule has 0 saturated heterocycles. The van der Waals surface area contributed by atoms with Crippen molar-refractivity contribution in [1.29, 1.82) is 0 Å². The van der Waals surface area contributed by atoms with Crippen molar-refractivity contribution >= 4 is 5.97 Å². The molecule has 2 nitrogen and oxygen atoms in total. The summed E-state index contributed by atoms with van der Waals surface area (Å²) in [4.78, 5) is 12.5. The van der Waals surface area contributed by atoms with Gasteiger partial charge >= 0.3 is 5.97 Å². The summed E-state index contributed by atoms with van der Waals surface area (Å²) in [7, 11) is 0. The zero-order valence-electron chi connectivity index (χ0n) is 25.5. The Kier molecular flexibility index (Phi) is 9.94. The predicted molar refractivity (Wildman–Crippen MR) is 156 cm³/mol. The Labute approximate surface area is 230 Å². The van der Waals surface area contributed by atoms with Gasteiger partial charge in [0.1, 0.15) is 6.10 Å². The number of carbonyl (C=O) groups excluding carboxylic acids is 1. The van der Waals surface area contributed by atoms with Gasteiger partial charge in [-0.25, -0.2) is 0 Å². The first-order valence-electron chi connectivity index (χ1n) is 16.6. The van der Waals surface area contributed by atoms with Gasteiger partial charge in [0, 0.05) is 12.8 Å². The van der Waals surface area contributed by atoms with Crippen LogP contribution in [0, 0.1) is 46.3 Å². The minimum atomic E-state index is 0.0485. The van der Waals surface area contributed by atoms with Crippen molar-refractivity contribution in [1.82, 2.24) is 0 Å². The molecule has 0 amide bonds. The van der Waals surface area contributed by atoms with Gasteiger partial charge in [-0.05, 0) is 97.7 Å². The lowest BCUT2D eigenvalue weighted by Gasteiger charge is -2.58. The fraction of sp³-hybridized carbons (Fsp3) is 0.914. The van der Waals surface area contributed by atoms with Crippen molar-refractivity contribution in [3.8, 4) is 0 Å². The van der Waals surface area contributed by atoms with E-state index in [1.54, 1.807) is 5.57 Å². The summed E-state index contributed by atoms with van der Waals surface area (Å²) in [6, 6.07) is 0. The number of fused-ring (bicyclic) bond motifs is 5. The van der Waals surface area contributed by atoms with Crippen LogP contribution in [0.4, 0.5) is 0 Å². The molecular formula is C35H60O2. The van der Waals surface area contributed by atoms with Gasteiger partial charge in [0.25, 0.3) is 0 Å². The molecule has 3 fully saturated rings. The molecule has 0 unspecified atom stereocenters. The molecule has 4 aliphatic rings. The van der Waals surface area contributed by atoms with E-state index in [1.807, 2.05) is 0 Å². The second-order valence-electron chi connectivity index (χ2n) is 14.8. The minimum absolute atomic E-state index is 0.0485. The van der Waals surface area contributed by atoms with Gasteiger partial charge in [0.15, 0.2) is 0 Å². The van der Waals surface area contributed by atoms with Crippen molar-refractivity contribution < 1.29 is 9.53 Å². The number of ether oxygens (including phenoxy) is 1. The Hall–Kier alpha value is -0.790. The van der Waals surface area contributed by atoms with E-state index in [2.05, 4.69) is 47.6 Å². The van der Waals surface area contributed by atoms with Crippen LogP contribution in [0.15, 0.2) is 11.6 Å². The van der Waals surface area contributed by atoms with Crippen LogP contribution in [-0.4, -0.2) is 12.1 Å². The number of rotatable bonds is 12. The van der Waals surface area contributed by atoms with Crippen LogP contribution in [0.1, 0.15) is 151 Å². The van der Waals surface area contributed by atoms with Crippen LogP contribution in [-0.2, 0) is 9.53 Å². The van der Waals surface area contributed by atoms with Gasteiger partial charge in [-0.3, -0.25) is 4.79 Å². The topological polar surface area (TPSA) is 26.3 Å². The van der Waals surface area contributed by atoms with E-state index in [-0.39, 0.29) is 12.1 Å². The van der Waals surface area contributed by atoms with Crippen LogP contribution in [0.2, 0.25) is 0 Å². The molecule has 0 aliphatic heterocycles. The standard InChI is InChI=1S/C35H60O2/c1-7-8-9-10-11-15-33(36)37-28-20-22-34(5)27(24-28)16-17-29-31-19-18-30(26(4)14-12-13-25(2)3)35(31,6)23-21-32(29)34/h16,25-26,28-32H,7-15,17-24H2,1-6H3/t26-,28+,29+,30-,31+,32+,34+,35-/m1/s1/i4+1,24+1,28+1. The lowest BCUT2D eigenvalue weighted by molar-refractivity contribution is -0.151. The molecule has 37 heavy (non-hydrogen) atoms. The third-order valence-electron chi connectivity index (χ3n) is 12.0. The van der Waals surface area contributed by atoms with Crippen molar-refractivity contribution in [2.75, 3.05) is 0 Å². The van der Waals surface area contributed by atoms with E-state index in [0.29, 0.717) is 17.3 Å². The number of allylic oxidation sites excluding steroid dienone is 1. The van der Waals surface area contributed by atoms with Crippen molar-refractivity contribution in [3.63, 3.8) is 0 Å². The molecule has 0 aromatic carbocycles. The van der Waals surface area contributed by atoms with E-state index in [9.17, 15) is 4.79 Å². The molecule has 0 heterocycles. The van der Waals surface area contributed by atoms with Crippen molar-refractivity contribution in [2.45, 2.75) is 157 Å². The molecule has 0 aromatic heterocycles. The monoisotopic (exact) mass is 515 g/mol.